The lowest BCUT2D eigenvalue weighted by atomic mass is 10.3. The van der Waals surface area contributed by atoms with Crippen molar-refractivity contribution in [3.63, 3.8) is 0 Å². The zero-order valence-electron chi connectivity index (χ0n) is 7.20. The van der Waals surface area contributed by atoms with Crippen molar-refractivity contribution in [2.75, 3.05) is 6.54 Å². The highest BCUT2D eigenvalue weighted by molar-refractivity contribution is 6.30. The van der Waals surface area contributed by atoms with E-state index in [1.165, 1.54) is 6.07 Å². The number of hydrogen-bond acceptors (Lipinski definition) is 3. The number of ether oxygens (including phenoxy) is 1. The fourth-order valence-electron chi connectivity index (χ4n) is 0.799. The molecule has 4 nitrogen and oxygen atoms in total. The Bertz CT molecular complexity index is 341. The quantitative estimate of drug-likeness (QED) is 0.777. The van der Waals surface area contributed by atoms with Crippen molar-refractivity contribution >= 4 is 24.0 Å². The van der Waals surface area contributed by atoms with Crippen LogP contribution < -0.4 is 10.1 Å². The number of nitrogens with one attached hydrogen (secondary N) is 1. The third kappa shape index (κ3) is 3.45. The summed E-state index contributed by atoms with van der Waals surface area (Å²) in [6.45, 7) is -0.0700. The molecule has 0 atom stereocenters. The van der Waals surface area contributed by atoms with Gasteiger partial charge < -0.3 is 14.8 Å². The highest BCUT2D eigenvalue weighted by Gasteiger charge is 2.02. The zero-order valence-corrected chi connectivity index (χ0v) is 7.95. The van der Waals surface area contributed by atoms with Crippen LogP contribution in [0.25, 0.3) is 0 Å². The molecule has 0 saturated heterocycles. The van der Waals surface area contributed by atoms with Crippen molar-refractivity contribution < 1.29 is 14.3 Å². The predicted octanol–water partition coefficient (Wildman–Crippen LogP) is 1.63. The van der Waals surface area contributed by atoms with Crippen LogP contribution in [0.2, 0.25) is 5.02 Å². The van der Waals surface area contributed by atoms with Gasteiger partial charge in [0.25, 0.3) is 0 Å². The number of rotatable bonds is 3. The maximum Gasteiger partial charge on any atom is 0.412 e. The molecular formula is C9H8ClNO3. The van der Waals surface area contributed by atoms with Crippen LogP contribution in [0.1, 0.15) is 0 Å². The van der Waals surface area contributed by atoms with Crippen LogP contribution in [-0.2, 0) is 4.79 Å². The largest absolute Gasteiger partial charge is 0.412 e. The van der Waals surface area contributed by atoms with Crippen LogP contribution in [-0.4, -0.2) is 18.9 Å². The molecule has 1 N–H and O–H groups in total. The van der Waals surface area contributed by atoms with Gasteiger partial charge in [0.05, 0.1) is 6.54 Å². The van der Waals surface area contributed by atoms with Crippen LogP contribution in [0, 0.1) is 0 Å². The first-order valence-corrected chi connectivity index (χ1v) is 4.25. The minimum atomic E-state index is -0.681. The molecule has 1 rings (SSSR count). The Labute approximate surface area is 85.8 Å². The Morgan fingerprint density at radius 3 is 3.00 bits per heavy atom. The van der Waals surface area contributed by atoms with Gasteiger partial charge in [-0.25, -0.2) is 4.79 Å². The Morgan fingerprint density at radius 1 is 1.57 bits per heavy atom. The van der Waals surface area contributed by atoms with Gasteiger partial charge in [0, 0.05) is 5.02 Å². The molecular weight excluding hydrogens is 206 g/mol. The Morgan fingerprint density at radius 2 is 2.36 bits per heavy atom. The molecule has 0 aromatic heterocycles. The fourth-order valence-corrected chi connectivity index (χ4v) is 0.979. The van der Waals surface area contributed by atoms with Crippen molar-refractivity contribution in [2.45, 2.75) is 0 Å². The van der Waals surface area contributed by atoms with E-state index in [1.807, 2.05) is 0 Å². The Balaban J connectivity index is 2.51. The van der Waals surface area contributed by atoms with Crippen LogP contribution in [0.15, 0.2) is 24.3 Å². The molecule has 5 heteroatoms. The van der Waals surface area contributed by atoms with Gasteiger partial charge in [0.1, 0.15) is 12.0 Å². The fraction of sp³-hybridized carbons (Fsp3) is 0.111. The number of carbonyl (C=O) groups is 2. The zero-order chi connectivity index (χ0) is 10.4. The molecule has 0 heterocycles. The van der Waals surface area contributed by atoms with Crippen molar-refractivity contribution in [3.05, 3.63) is 29.3 Å². The number of aldehydes is 1. The van der Waals surface area contributed by atoms with E-state index in [9.17, 15) is 9.59 Å². The minimum absolute atomic E-state index is 0.0700. The average molecular weight is 214 g/mol. The Hall–Kier alpha value is -1.55. The normalized spacial score (nSPS) is 9.21. The monoisotopic (exact) mass is 213 g/mol. The topological polar surface area (TPSA) is 55.4 Å². The van der Waals surface area contributed by atoms with E-state index in [2.05, 4.69) is 5.32 Å². The first-order valence-electron chi connectivity index (χ1n) is 3.87. The van der Waals surface area contributed by atoms with E-state index in [4.69, 9.17) is 16.3 Å². The van der Waals surface area contributed by atoms with E-state index in [0.29, 0.717) is 17.1 Å². The summed E-state index contributed by atoms with van der Waals surface area (Å²) in [7, 11) is 0. The summed E-state index contributed by atoms with van der Waals surface area (Å²) in [5.41, 5.74) is 0. The van der Waals surface area contributed by atoms with E-state index >= 15 is 0 Å². The second-order valence-electron chi connectivity index (χ2n) is 2.39. The van der Waals surface area contributed by atoms with Gasteiger partial charge in [-0.05, 0) is 18.2 Å². The van der Waals surface area contributed by atoms with Crippen LogP contribution in [0.5, 0.6) is 5.75 Å². The highest BCUT2D eigenvalue weighted by Crippen LogP contribution is 2.16. The third-order valence-corrected chi connectivity index (χ3v) is 1.57. The summed E-state index contributed by atoms with van der Waals surface area (Å²) in [6, 6.07) is 6.41. The van der Waals surface area contributed by atoms with Gasteiger partial charge in [-0.1, -0.05) is 17.7 Å². The predicted molar refractivity (Wildman–Crippen MR) is 51.5 cm³/mol. The first-order chi connectivity index (χ1) is 6.72. The van der Waals surface area contributed by atoms with Gasteiger partial charge in [0.2, 0.25) is 0 Å². The molecule has 0 fully saturated rings. The average Bonchev–Trinajstić information content (AvgIpc) is 2.15. The summed E-state index contributed by atoms with van der Waals surface area (Å²) < 4.78 is 4.80. The number of amides is 1. The molecule has 14 heavy (non-hydrogen) atoms. The molecule has 1 aromatic rings. The molecule has 0 saturated carbocycles. The standard InChI is InChI=1S/C9H8ClNO3/c10-7-2-1-3-8(6-7)14-9(13)11-4-5-12/h1-3,5-6H,4H2,(H,11,13). The molecule has 0 aliphatic heterocycles. The lowest BCUT2D eigenvalue weighted by Crippen LogP contribution is -2.28. The second kappa shape index (κ2) is 5.24. The third-order valence-electron chi connectivity index (χ3n) is 1.34. The molecule has 1 aromatic carbocycles. The minimum Gasteiger partial charge on any atom is -0.410 e. The number of hydrogen-bond donors (Lipinski definition) is 1. The summed E-state index contributed by atoms with van der Waals surface area (Å²) in [6.07, 6.45) is -0.112. The van der Waals surface area contributed by atoms with E-state index in [0.717, 1.165) is 0 Å². The van der Waals surface area contributed by atoms with E-state index in [-0.39, 0.29) is 6.54 Å². The molecule has 0 aliphatic carbocycles. The second-order valence-corrected chi connectivity index (χ2v) is 2.83. The van der Waals surface area contributed by atoms with Crippen LogP contribution >= 0.6 is 11.6 Å². The summed E-state index contributed by atoms with van der Waals surface area (Å²) in [4.78, 5) is 20.9. The van der Waals surface area contributed by atoms with Crippen molar-refractivity contribution in [2.24, 2.45) is 0 Å². The summed E-state index contributed by atoms with van der Waals surface area (Å²) in [5, 5.41) is 2.71. The van der Waals surface area contributed by atoms with Crippen molar-refractivity contribution in [3.8, 4) is 5.75 Å². The van der Waals surface area contributed by atoms with Gasteiger partial charge in [-0.15, -0.1) is 0 Å². The van der Waals surface area contributed by atoms with E-state index < -0.39 is 6.09 Å². The summed E-state index contributed by atoms with van der Waals surface area (Å²) >= 11 is 5.66. The van der Waals surface area contributed by atoms with Crippen LogP contribution in [0.3, 0.4) is 0 Å². The molecule has 74 valence electrons. The van der Waals surface area contributed by atoms with Crippen molar-refractivity contribution in [1.82, 2.24) is 5.32 Å². The van der Waals surface area contributed by atoms with Gasteiger partial charge in [-0.3, -0.25) is 0 Å². The smallest absolute Gasteiger partial charge is 0.410 e. The molecule has 0 unspecified atom stereocenters. The molecule has 1 amide bonds. The van der Waals surface area contributed by atoms with Gasteiger partial charge in [0.15, 0.2) is 0 Å². The lowest BCUT2D eigenvalue weighted by Gasteiger charge is -2.03. The highest BCUT2D eigenvalue weighted by atomic mass is 35.5. The molecule has 0 aliphatic rings. The SMILES string of the molecule is O=CCNC(=O)Oc1cccc(Cl)c1. The van der Waals surface area contributed by atoms with Crippen LogP contribution in [0.4, 0.5) is 4.79 Å². The van der Waals surface area contributed by atoms with E-state index in [1.54, 1.807) is 18.2 Å². The lowest BCUT2D eigenvalue weighted by molar-refractivity contribution is -0.107. The maximum atomic E-state index is 10.9. The molecule has 0 spiro atoms. The number of benzene rings is 1. The molecule has 0 bridgehead atoms. The van der Waals surface area contributed by atoms with Gasteiger partial charge in [-0.2, -0.15) is 0 Å². The number of halogens is 1. The Kier molecular flexibility index (Phi) is 3.94. The first kappa shape index (κ1) is 10.5. The van der Waals surface area contributed by atoms with Gasteiger partial charge >= 0.3 is 6.09 Å². The molecule has 0 radical (unpaired) electrons. The maximum absolute atomic E-state index is 10.9. The number of carbonyl (C=O) groups excluding carboxylic acids is 2. The van der Waals surface area contributed by atoms with Crippen molar-refractivity contribution in [1.29, 1.82) is 0 Å². The summed E-state index contributed by atoms with van der Waals surface area (Å²) in [5.74, 6) is 0.334.